The van der Waals surface area contributed by atoms with Gasteiger partial charge in [-0.15, -0.1) is 5.10 Å². The topological polar surface area (TPSA) is 94.3 Å². The predicted molar refractivity (Wildman–Crippen MR) is 131 cm³/mol. The van der Waals surface area contributed by atoms with Gasteiger partial charge in [0.15, 0.2) is 5.82 Å². The van der Waals surface area contributed by atoms with E-state index in [2.05, 4.69) is 64.8 Å². The zero-order chi connectivity index (χ0) is 23.5. The summed E-state index contributed by atoms with van der Waals surface area (Å²) in [6, 6.07) is 16.7. The van der Waals surface area contributed by atoms with Gasteiger partial charge in [0.1, 0.15) is 5.82 Å². The Morgan fingerprint density at radius 3 is 2.44 bits per heavy atom. The Morgan fingerprint density at radius 2 is 1.76 bits per heavy atom. The van der Waals surface area contributed by atoms with E-state index in [9.17, 15) is 4.79 Å². The molecule has 1 fully saturated rings. The van der Waals surface area contributed by atoms with Crippen LogP contribution in [-0.4, -0.2) is 35.0 Å². The standard InChI is InChI=1S/C26H31N7O/c1-3-18(2)25-29-33(21-9-5-4-6-10-21)26(34)32(25)17-19-13-15-20(16-14-19)22-11-7-8-12-23(22)24-27-30-31-28-24/h7-8,11-16,18,21H,3-6,9-10,17H2,1-2H3,(H,27,28,30,31). The summed E-state index contributed by atoms with van der Waals surface area (Å²) < 4.78 is 3.66. The molecule has 1 unspecified atom stereocenters. The summed E-state index contributed by atoms with van der Waals surface area (Å²) in [5, 5.41) is 19.2. The summed E-state index contributed by atoms with van der Waals surface area (Å²) in [6.45, 7) is 4.83. The average Bonchev–Trinajstić information content (AvgIpc) is 3.54. The van der Waals surface area contributed by atoms with E-state index in [1.54, 1.807) is 4.68 Å². The van der Waals surface area contributed by atoms with Crippen LogP contribution in [0.4, 0.5) is 0 Å². The van der Waals surface area contributed by atoms with E-state index in [0.717, 1.165) is 47.3 Å². The molecule has 1 atom stereocenters. The highest BCUT2D eigenvalue weighted by Gasteiger charge is 2.24. The van der Waals surface area contributed by atoms with Crippen LogP contribution < -0.4 is 5.69 Å². The summed E-state index contributed by atoms with van der Waals surface area (Å²) in [5.41, 5.74) is 4.18. The Morgan fingerprint density at radius 1 is 1.03 bits per heavy atom. The molecule has 8 nitrogen and oxygen atoms in total. The van der Waals surface area contributed by atoms with Gasteiger partial charge in [0, 0.05) is 11.5 Å². The third-order valence-corrected chi connectivity index (χ3v) is 7.02. The molecule has 2 heterocycles. The Balaban J connectivity index is 1.45. The fourth-order valence-electron chi connectivity index (χ4n) is 4.87. The Kier molecular flexibility index (Phi) is 6.38. The van der Waals surface area contributed by atoms with Crippen molar-refractivity contribution in [2.45, 2.75) is 70.9 Å². The monoisotopic (exact) mass is 457 g/mol. The molecular formula is C26H31N7O. The first-order chi connectivity index (χ1) is 16.7. The first-order valence-corrected chi connectivity index (χ1v) is 12.3. The second kappa shape index (κ2) is 9.75. The maximum absolute atomic E-state index is 13.4. The smallest absolute Gasteiger partial charge is 0.274 e. The van der Waals surface area contributed by atoms with Crippen molar-refractivity contribution in [3.63, 3.8) is 0 Å². The van der Waals surface area contributed by atoms with Crippen LogP contribution in [0.3, 0.4) is 0 Å². The van der Waals surface area contributed by atoms with Crippen molar-refractivity contribution in [1.29, 1.82) is 0 Å². The van der Waals surface area contributed by atoms with Gasteiger partial charge in [-0.2, -0.15) is 5.10 Å². The summed E-state index contributed by atoms with van der Waals surface area (Å²) in [4.78, 5) is 13.4. The third kappa shape index (κ3) is 4.32. The number of nitrogens with one attached hydrogen (secondary N) is 1. The zero-order valence-corrected chi connectivity index (χ0v) is 19.8. The number of tetrazole rings is 1. The van der Waals surface area contributed by atoms with E-state index in [0.29, 0.717) is 12.4 Å². The fraction of sp³-hybridized carbons (Fsp3) is 0.423. The van der Waals surface area contributed by atoms with Crippen LogP contribution in [0.5, 0.6) is 0 Å². The molecule has 0 spiro atoms. The first kappa shape index (κ1) is 22.3. The van der Waals surface area contributed by atoms with Crippen molar-refractivity contribution in [2.75, 3.05) is 0 Å². The van der Waals surface area contributed by atoms with Crippen LogP contribution in [0.25, 0.3) is 22.5 Å². The van der Waals surface area contributed by atoms with Crippen LogP contribution in [0.15, 0.2) is 53.3 Å². The van der Waals surface area contributed by atoms with Gasteiger partial charge in [0.2, 0.25) is 0 Å². The van der Waals surface area contributed by atoms with E-state index in [-0.39, 0.29) is 17.6 Å². The van der Waals surface area contributed by atoms with E-state index in [1.807, 2.05) is 22.8 Å². The van der Waals surface area contributed by atoms with Gasteiger partial charge in [-0.1, -0.05) is 81.6 Å². The number of rotatable bonds is 7. The molecule has 0 amide bonds. The summed E-state index contributed by atoms with van der Waals surface area (Å²) >= 11 is 0. The highest BCUT2D eigenvalue weighted by atomic mass is 16.2. The minimum absolute atomic E-state index is 0.0226. The Hall–Kier alpha value is -3.55. The second-order valence-electron chi connectivity index (χ2n) is 9.26. The molecule has 5 rings (SSSR count). The molecule has 8 heteroatoms. The molecule has 0 bridgehead atoms. The molecule has 1 saturated carbocycles. The number of H-pyrrole nitrogens is 1. The quantitative estimate of drug-likeness (QED) is 0.423. The maximum Gasteiger partial charge on any atom is 0.346 e. The Bertz CT molecular complexity index is 1280. The zero-order valence-electron chi connectivity index (χ0n) is 19.8. The lowest BCUT2D eigenvalue weighted by Crippen LogP contribution is -2.30. The van der Waals surface area contributed by atoms with Crippen molar-refractivity contribution in [1.82, 2.24) is 35.0 Å². The molecule has 2 aromatic heterocycles. The number of hydrogen-bond donors (Lipinski definition) is 1. The van der Waals surface area contributed by atoms with Gasteiger partial charge >= 0.3 is 5.69 Å². The van der Waals surface area contributed by atoms with Crippen LogP contribution in [0.2, 0.25) is 0 Å². The van der Waals surface area contributed by atoms with Crippen molar-refractivity contribution >= 4 is 0 Å². The average molecular weight is 458 g/mol. The second-order valence-corrected chi connectivity index (χ2v) is 9.26. The molecule has 176 valence electrons. The maximum atomic E-state index is 13.4. The first-order valence-electron chi connectivity index (χ1n) is 12.3. The summed E-state index contributed by atoms with van der Waals surface area (Å²) in [5.74, 6) is 1.77. The Labute approximate surface area is 199 Å². The molecule has 0 aliphatic heterocycles. The van der Waals surface area contributed by atoms with E-state index < -0.39 is 0 Å². The number of benzene rings is 2. The summed E-state index contributed by atoms with van der Waals surface area (Å²) in [7, 11) is 0. The molecule has 1 N–H and O–H groups in total. The number of aromatic nitrogens is 7. The molecule has 34 heavy (non-hydrogen) atoms. The lowest BCUT2D eigenvalue weighted by Gasteiger charge is -2.20. The lowest BCUT2D eigenvalue weighted by atomic mass is 9.96. The van der Waals surface area contributed by atoms with Crippen LogP contribution >= 0.6 is 0 Å². The van der Waals surface area contributed by atoms with Gasteiger partial charge in [0.05, 0.1) is 12.6 Å². The van der Waals surface area contributed by atoms with Crippen molar-refractivity contribution in [2.24, 2.45) is 0 Å². The van der Waals surface area contributed by atoms with Gasteiger partial charge in [-0.25, -0.2) is 14.6 Å². The largest absolute Gasteiger partial charge is 0.346 e. The molecule has 0 saturated heterocycles. The number of hydrogen-bond acceptors (Lipinski definition) is 5. The fourth-order valence-corrected chi connectivity index (χ4v) is 4.87. The minimum atomic E-state index is 0.0226. The normalized spacial score (nSPS) is 15.5. The van der Waals surface area contributed by atoms with Gasteiger partial charge in [0.25, 0.3) is 0 Å². The van der Waals surface area contributed by atoms with Crippen molar-refractivity contribution < 1.29 is 0 Å². The highest BCUT2D eigenvalue weighted by molar-refractivity contribution is 5.80. The SMILES string of the molecule is CCC(C)c1nn(C2CCCCC2)c(=O)n1Cc1ccc(-c2ccccc2-c2nnn[nH]2)cc1. The molecular weight excluding hydrogens is 426 g/mol. The van der Waals surface area contributed by atoms with Crippen LogP contribution in [0, 0.1) is 0 Å². The van der Waals surface area contributed by atoms with E-state index >= 15 is 0 Å². The van der Waals surface area contributed by atoms with Crippen molar-refractivity contribution in [3.8, 4) is 22.5 Å². The minimum Gasteiger partial charge on any atom is -0.274 e. The molecule has 4 aromatic rings. The van der Waals surface area contributed by atoms with Crippen LogP contribution in [0.1, 0.15) is 75.7 Å². The van der Waals surface area contributed by atoms with E-state index in [1.165, 1.54) is 19.3 Å². The highest BCUT2D eigenvalue weighted by Crippen LogP contribution is 2.30. The molecule has 0 radical (unpaired) electrons. The predicted octanol–water partition coefficient (Wildman–Crippen LogP) is 4.96. The van der Waals surface area contributed by atoms with Crippen LogP contribution in [-0.2, 0) is 6.54 Å². The molecule has 1 aliphatic rings. The van der Waals surface area contributed by atoms with Gasteiger partial charge < -0.3 is 0 Å². The third-order valence-electron chi connectivity index (χ3n) is 7.02. The van der Waals surface area contributed by atoms with Gasteiger partial charge in [-0.05, 0) is 46.4 Å². The number of aromatic amines is 1. The van der Waals surface area contributed by atoms with Crippen molar-refractivity contribution in [3.05, 3.63) is 70.4 Å². The molecule has 1 aliphatic carbocycles. The van der Waals surface area contributed by atoms with Gasteiger partial charge in [-0.3, -0.25) is 4.57 Å². The van der Waals surface area contributed by atoms with E-state index in [4.69, 9.17) is 5.10 Å². The lowest BCUT2D eigenvalue weighted by molar-refractivity contribution is 0.319. The number of nitrogens with zero attached hydrogens (tertiary/aromatic N) is 6. The summed E-state index contributed by atoms with van der Waals surface area (Å²) in [6.07, 6.45) is 6.66. The molecule has 2 aromatic carbocycles.